The van der Waals surface area contributed by atoms with Crippen LogP contribution in [0.25, 0.3) is 0 Å². The first-order valence-electron chi connectivity index (χ1n) is 7.21. The third kappa shape index (κ3) is 6.89. The van der Waals surface area contributed by atoms with Gasteiger partial charge >= 0.3 is 29.6 Å². The molecule has 1 aliphatic carbocycles. The number of carbonyl (C=O) groups is 1. The summed E-state index contributed by atoms with van der Waals surface area (Å²) in [5.41, 5.74) is 0.699. The molecule has 0 radical (unpaired) electrons. The summed E-state index contributed by atoms with van der Waals surface area (Å²) >= 11 is 0. The van der Waals surface area contributed by atoms with Crippen molar-refractivity contribution in [2.45, 2.75) is 31.7 Å². The van der Waals surface area contributed by atoms with Crippen LogP contribution in [0, 0.1) is 5.92 Å². The maximum absolute atomic E-state index is 12.0. The van der Waals surface area contributed by atoms with E-state index in [9.17, 15) is 13.2 Å². The van der Waals surface area contributed by atoms with Crippen LogP contribution >= 0.6 is 0 Å². The van der Waals surface area contributed by atoms with E-state index in [0.717, 1.165) is 25.7 Å². The second kappa shape index (κ2) is 9.15. The Bertz CT molecular complexity index is 568. The van der Waals surface area contributed by atoms with Crippen LogP contribution < -0.4 is 5.32 Å². The summed E-state index contributed by atoms with van der Waals surface area (Å²) in [4.78, 5) is 12.0. The summed E-state index contributed by atoms with van der Waals surface area (Å²) in [6.07, 6.45) is 3.19. The summed E-state index contributed by atoms with van der Waals surface area (Å²) < 4.78 is 30.5. The van der Waals surface area contributed by atoms with Crippen molar-refractivity contribution in [3.63, 3.8) is 0 Å². The van der Waals surface area contributed by atoms with E-state index in [0.29, 0.717) is 12.1 Å². The molecule has 0 atom stereocenters. The molecule has 22 heavy (non-hydrogen) atoms. The minimum absolute atomic E-state index is 0. The normalized spacial score (nSPS) is 21.9. The predicted molar refractivity (Wildman–Crippen MR) is 88.1 cm³/mol. The van der Waals surface area contributed by atoms with Gasteiger partial charge in [0.25, 0.3) is 10.1 Å². The summed E-state index contributed by atoms with van der Waals surface area (Å²) in [5.74, 6) is -0.0543. The Balaban J connectivity index is 0.00000242. The van der Waals surface area contributed by atoms with Crippen LogP contribution in [0.15, 0.2) is 30.3 Å². The first-order valence-corrected chi connectivity index (χ1v) is 8.82. The third-order valence-corrected chi connectivity index (χ3v) is 4.83. The molecule has 0 heterocycles. The number of ketones is 1. The SMILES string of the molecule is O=C(CNC1CCC(CS(=O)(=O)O)CC1)c1ccccc1.[NaH]. The molecule has 0 unspecified atom stereocenters. The molecule has 1 aromatic rings. The van der Waals surface area contributed by atoms with Crippen molar-refractivity contribution in [1.29, 1.82) is 0 Å². The van der Waals surface area contributed by atoms with Gasteiger partial charge < -0.3 is 5.32 Å². The van der Waals surface area contributed by atoms with Crippen LogP contribution in [0.1, 0.15) is 36.0 Å². The van der Waals surface area contributed by atoms with Crippen LogP contribution in [-0.2, 0) is 10.1 Å². The third-order valence-electron chi connectivity index (χ3n) is 3.94. The van der Waals surface area contributed by atoms with Crippen LogP contribution in [0.2, 0.25) is 0 Å². The van der Waals surface area contributed by atoms with Gasteiger partial charge in [0.1, 0.15) is 0 Å². The van der Waals surface area contributed by atoms with Gasteiger partial charge in [-0.1, -0.05) is 30.3 Å². The van der Waals surface area contributed by atoms with Gasteiger partial charge in [-0.05, 0) is 31.6 Å². The molecule has 1 fully saturated rings. The quantitative estimate of drug-likeness (QED) is 0.464. The molecule has 0 bridgehead atoms. The van der Waals surface area contributed by atoms with E-state index in [1.165, 1.54) is 0 Å². The van der Waals surface area contributed by atoms with E-state index >= 15 is 0 Å². The number of nitrogens with one attached hydrogen (secondary N) is 1. The number of hydrogen-bond donors (Lipinski definition) is 2. The molecule has 0 aromatic heterocycles. The van der Waals surface area contributed by atoms with E-state index in [4.69, 9.17) is 4.55 Å². The van der Waals surface area contributed by atoms with Crippen LogP contribution in [-0.4, -0.2) is 66.7 Å². The number of hydrogen-bond acceptors (Lipinski definition) is 4. The monoisotopic (exact) mass is 335 g/mol. The van der Waals surface area contributed by atoms with Crippen molar-refractivity contribution in [3.05, 3.63) is 35.9 Å². The van der Waals surface area contributed by atoms with Crippen molar-refractivity contribution in [2.24, 2.45) is 5.92 Å². The van der Waals surface area contributed by atoms with Crippen LogP contribution in [0.4, 0.5) is 0 Å². The second-order valence-corrected chi connectivity index (χ2v) is 7.13. The Labute approximate surface area is 153 Å². The Hall–Kier alpha value is -0.240. The van der Waals surface area contributed by atoms with Crippen molar-refractivity contribution >= 4 is 45.5 Å². The molecule has 7 heteroatoms. The standard InChI is InChI=1S/C15H21NO4S.Na.H/c17-15(13-4-2-1-3-5-13)10-16-14-8-6-12(7-9-14)11-21(18,19)20;;/h1-5,12,14,16H,6-11H2,(H,18,19,20);;. The fourth-order valence-corrected chi connectivity index (χ4v) is 3.72. The topological polar surface area (TPSA) is 83.5 Å². The number of Topliss-reactive ketones (excluding diaryl/α,β-unsaturated/α-hetero) is 1. The van der Waals surface area contributed by atoms with E-state index in [1.54, 1.807) is 12.1 Å². The molecule has 118 valence electrons. The molecule has 1 aliphatic rings. The zero-order valence-corrected chi connectivity index (χ0v) is 12.7. The fourth-order valence-electron chi connectivity index (χ4n) is 2.79. The molecule has 0 spiro atoms. The van der Waals surface area contributed by atoms with Crippen molar-refractivity contribution in [2.75, 3.05) is 12.3 Å². The zero-order valence-electron chi connectivity index (χ0n) is 11.9. The molecule has 1 saturated carbocycles. The summed E-state index contributed by atoms with van der Waals surface area (Å²) in [6.45, 7) is 0.303. The number of carbonyl (C=O) groups excluding carboxylic acids is 1. The first-order chi connectivity index (χ1) is 9.94. The maximum atomic E-state index is 12.0. The Morgan fingerprint density at radius 2 is 1.73 bits per heavy atom. The Morgan fingerprint density at radius 3 is 2.27 bits per heavy atom. The van der Waals surface area contributed by atoms with E-state index in [1.807, 2.05) is 18.2 Å². The average molecular weight is 335 g/mol. The van der Waals surface area contributed by atoms with Crippen molar-refractivity contribution in [1.82, 2.24) is 5.32 Å². The van der Waals surface area contributed by atoms with Crippen molar-refractivity contribution in [3.8, 4) is 0 Å². The Morgan fingerprint density at radius 1 is 1.14 bits per heavy atom. The molecule has 2 N–H and O–H groups in total. The molecule has 5 nitrogen and oxygen atoms in total. The van der Waals surface area contributed by atoms with Gasteiger partial charge in [0.15, 0.2) is 5.78 Å². The van der Waals surface area contributed by atoms with Crippen molar-refractivity contribution < 1.29 is 17.8 Å². The summed E-state index contributed by atoms with van der Waals surface area (Å²) in [5, 5.41) is 3.24. The number of benzene rings is 1. The van der Waals surface area contributed by atoms with E-state index in [-0.39, 0.29) is 53.1 Å². The van der Waals surface area contributed by atoms with Gasteiger partial charge in [0, 0.05) is 11.6 Å². The molecule has 0 aliphatic heterocycles. The van der Waals surface area contributed by atoms with Crippen LogP contribution in [0.5, 0.6) is 0 Å². The van der Waals surface area contributed by atoms with E-state index < -0.39 is 10.1 Å². The Kier molecular flexibility index (Phi) is 8.24. The molecule has 0 saturated heterocycles. The van der Waals surface area contributed by atoms with E-state index in [2.05, 4.69) is 5.32 Å². The van der Waals surface area contributed by atoms with Gasteiger partial charge in [0.2, 0.25) is 0 Å². The number of rotatable bonds is 6. The van der Waals surface area contributed by atoms with Gasteiger partial charge in [0.05, 0.1) is 12.3 Å². The molecular weight excluding hydrogens is 313 g/mol. The average Bonchev–Trinajstić information content (AvgIpc) is 2.45. The van der Waals surface area contributed by atoms with Gasteiger partial charge in [-0.25, -0.2) is 0 Å². The van der Waals surface area contributed by atoms with Gasteiger partial charge in [-0.3, -0.25) is 9.35 Å². The molecule has 0 amide bonds. The molecule has 2 rings (SSSR count). The second-order valence-electron chi connectivity index (χ2n) is 5.64. The summed E-state index contributed by atoms with van der Waals surface area (Å²) in [6, 6.07) is 9.40. The van der Waals surface area contributed by atoms with Crippen LogP contribution in [0.3, 0.4) is 0 Å². The van der Waals surface area contributed by atoms with Gasteiger partial charge in [-0.2, -0.15) is 8.42 Å². The fraction of sp³-hybridized carbons (Fsp3) is 0.533. The molecular formula is C15H22NNaO4S. The molecule has 1 aromatic carbocycles. The minimum atomic E-state index is -3.88. The van der Waals surface area contributed by atoms with Gasteiger partial charge in [-0.15, -0.1) is 0 Å². The predicted octanol–water partition coefficient (Wildman–Crippen LogP) is 1.26. The summed E-state index contributed by atoms with van der Waals surface area (Å²) in [7, 11) is -3.88. The first kappa shape index (κ1) is 19.8. The zero-order chi connectivity index (χ0) is 15.3.